The summed E-state index contributed by atoms with van der Waals surface area (Å²) in [6, 6.07) is 0. The van der Waals surface area contributed by atoms with Crippen LogP contribution in [-0.4, -0.2) is 16.9 Å². The van der Waals surface area contributed by atoms with Gasteiger partial charge < -0.3 is 4.74 Å². The highest BCUT2D eigenvalue weighted by Crippen LogP contribution is 2.68. The molecule has 4 aliphatic carbocycles. The van der Waals surface area contributed by atoms with Gasteiger partial charge in [0.05, 0.1) is 0 Å². The molecule has 4 aliphatic rings. The monoisotopic (exact) mass is 498 g/mol. The number of hydrogen-bond acceptors (Lipinski definition) is 2. The number of hydrogen-bond donors (Lipinski definition) is 0. The van der Waals surface area contributed by atoms with E-state index in [1.165, 1.54) is 64.2 Å². The van der Waals surface area contributed by atoms with E-state index in [1.54, 1.807) is 0 Å². The fraction of sp³-hybridized carbons (Fsp3) is 0.966. The van der Waals surface area contributed by atoms with E-state index in [1.807, 2.05) is 0 Å². The van der Waals surface area contributed by atoms with Gasteiger partial charge in [-0.05, 0) is 110 Å². The summed E-state index contributed by atoms with van der Waals surface area (Å²) in [5, 5.41) is 0. The Bertz CT molecular complexity index is 693. The molecule has 0 bridgehead atoms. The first-order valence-electron chi connectivity index (χ1n) is 14.0. The molecule has 0 radical (unpaired) electrons. The summed E-state index contributed by atoms with van der Waals surface area (Å²) >= 11 is 11.5. The summed E-state index contributed by atoms with van der Waals surface area (Å²) in [6.45, 7) is 12.6. The maximum Gasteiger partial charge on any atom is 0.339 e. The van der Waals surface area contributed by atoms with Crippen LogP contribution in [0.4, 0.5) is 0 Å². The number of carbonyl (C=O) groups is 1. The lowest BCUT2D eigenvalue weighted by molar-refractivity contribution is -0.161. The normalized spacial score (nSPS) is 43.7. The summed E-state index contributed by atoms with van der Waals surface area (Å²) in [7, 11) is 0. The molecule has 0 spiro atoms. The third kappa shape index (κ3) is 5.00. The Hall–Kier alpha value is 0.0500. The van der Waals surface area contributed by atoms with Gasteiger partial charge in [-0.1, -0.05) is 77.1 Å². The SMILES string of the molecule is CC(C)CCC[C@@H](C)[C@@H]1CC[C@@H]2[C@@H]3CC[C@H]4C[C@H](OC(=O)C(Cl)Cl)CC[C@]4(C)[C@@H]3CC[C@@]21C. The third-order valence-electron chi connectivity index (χ3n) is 11.3. The minimum Gasteiger partial charge on any atom is -0.460 e. The number of halogens is 2. The maximum atomic E-state index is 11.9. The van der Waals surface area contributed by atoms with Gasteiger partial charge in [-0.2, -0.15) is 0 Å². The molecule has 4 fully saturated rings. The Balaban J connectivity index is 1.41. The van der Waals surface area contributed by atoms with E-state index in [9.17, 15) is 4.79 Å². The molecule has 4 rings (SSSR count). The van der Waals surface area contributed by atoms with E-state index < -0.39 is 10.8 Å². The van der Waals surface area contributed by atoms with Gasteiger partial charge in [-0.25, -0.2) is 4.79 Å². The van der Waals surface area contributed by atoms with Crippen LogP contribution in [0, 0.1) is 52.3 Å². The Kier molecular flexibility index (Phi) is 8.07. The Morgan fingerprint density at radius 3 is 2.30 bits per heavy atom. The molecule has 0 aromatic rings. The van der Waals surface area contributed by atoms with Gasteiger partial charge in [0.25, 0.3) is 0 Å². The molecule has 0 unspecified atom stereocenters. The van der Waals surface area contributed by atoms with Crippen molar-refractivity contribution in [3.8, 4) is 0 Å². The number of ether oxygens (including phenoxy) is 1. The Morgan fingerprint density at radius 1 is 0.909 bits per heavy atom. The molecule has 33 heavy (non-hydrogen) atoms. The highest BCUT2D eigenvalue weighted by molar-refractivity contribution is 6.52. The van der Waals surface area contributed by atoms with Crippen molar-refractivity contribution in [1.82, 2.24) is 0 Å². The van der Waals surface area contributed by atoms with Crippen molar-refractivity contribution in [3.05, 3.63) is 0 Å². The molecule has 0 aliphatic heterocycles. The molecule has 0 aromatic carbocycles. The Labute approximate surface area is 213 Å². The average Bonchev–Trinajstić information content (AvgIpc) is 3.11. The van der Waals surface area contributed by atoms with E-state index in [0.717, 1.165) is 48.3 Å². The van der Waals surface area contributed by atoms with Crippen molar-refractivity contribution in [1.29, 1.82) is 0 Å². The van der Waals surface area contributed by atoms with Gasteiger partial charge in [0.2, 0.25) is 4.84 Å². The predicted octanol–water partition coefficient (Wildman–Crippen LogP) is 8.82. The van der Waals surface area contributed by atoms with Gasteiger partial charge in [-0.3, -0.25) is 0 Å². The summed E-state index contributed by atoms with van der Waals surface area (Å²) in [4.78, 5) is 10.9. The lowest BCUT2D eigenvalue weighted by atomic mass is 9.44. The smallest absolute Gasteiger partial charge is 0.339 e. The zero-order valence-corrected chi connectivity index (χ0v) is 23.3. The van der Waals surface area contributed by atoms with Crippen molar-refractivity contribution in [2.24, 2.45) is 52.3 Å². The van der Waals surface area contributed by atoms with Crippen molar-refractivity contribution in [2.45, 2.75) is 123 Å². The maximum absolute atomic E-state index is 11.9. The zero-order valence-electron chi connectivity index (χ0n) is 21.8. The van der Waals surface area contributed by atoms with Gasteiger partial charge in [0.15, 0.2) is 0 Å². The number of carbonyl (C=O) groups excluding carboxylic acids is 1. The van der Waals surface area contributed by atoms with Crippen LogP contribution in [0.3, 0.4) is 0 Å². The predicted molar refractivity (Wildman–Crippen MR) is 138 cm³/mol. The zero-order chi connectivity index (χ0) is 24.0. The quantitative estimate of drug-likeness (QED) is 0.258. The van der Waals surface area contributed by atoms with Crippen LogP contribution >= 0.6 is 23.2 Å². The first-order valence-corrected chi connectivity index (χ1v) is 14.9. The highest BCUT2D eigenvalue weighted by atomic mass is 35.5. The van der Waals surface area contributed by atoms with Crippen molar-refractivity contribution >= 4 is 29.2 Å². The topological polar surface area (TPSA) is 26.3 Å². The molecule has 9 atom stereocenters. The second-order valence-electron chi connectivity index (χ2n) is 13.3. The molecule has 2 nitrogen and oxygen atoms in total. The minimum absolute atomic E-state index is 0.00327. The second kappa shape index (κ2) is 10.2. The summed E-state index contributed by atoms with van der Waals surface area (Å²) in [5.74, 6) is 5.53. The fourth-order valence-electron chi connectivity index (χ4n) is 9.57. The van der Waals surface area contributed by atoms with Crippen LogP contribution in [0.25, 0.3) is 0 Å². The Morgan fingerprint density at radius 2 is 1.61 bits per heavy atom. The molecule has 0 aromatic heterocycles. The van der Waals surface area contributed by atoms with Crippen molar-refractivity contribution in [3.63, 3.8) is 0 Å². The standard InChI is InChI=1S/C29H48Cl2O2/c1-18(2)7-6-8-19(3)23-11-12-24-22-10-9-20-17-21(33-27(32)26(30)31)13-15-28(20,4)25(22)14-16-29(23,24)5/h18-26H,6-17H2,1-5H3/t19-,20+,21-,22+,23+,24-,25-,28+,29-/m1/s1. The van der Waals surface area contributed by atoms with Crippen molar-refractivity contribution < 1.29 is 9.53 Å². The average molecular weight is 500 g/mol. The first-order chi connectivity index (χ1) is 15.6. The third-order valence-corrected chi connectivity index (χ3v) is 11.6. The van der Waals surface area contributed by atoms with E-state index in [0.29, 0.717) is 16.7 Å². The van der Waals surface area contributed by atoms with Gasteiger partial charge in [0, 0.05) is 0 Å². The van der Waals surface area contributed by atoms with Crippen LogP contribution in [0.2, 0.25) is 0 Å². The molecule has 4 saturated carbocycles. The van der Waals surface area contributed by atoms with Crippen LogP contribution in [-0.2, 0) is 9.53 Å². The molecule has 0 N–H and O–H groups in total. The first kappa shape index (κ1) is 26.1. The fourth-order valence-corrected chi connectivity index (χ4v) is 9.67. The number of rotatable bonds is 7. The van der Waals surface area contributed by atoms with E-state index in [2.05, 4.69) is 34.6 Å². The van der Waals surface area contributed by atoms with E-state index >= 15 is 0 Å². The number of alkyl halides is 2. The summed E-state index contributed by atoms with van der Waals surface area (Å²) < 4.78 is 5.65. The van der Waals surface area contributed by atoms with E-state index in [4.69, 9.17) is 27.9 Å². The molecule has 0 heterocycles. The van der Waals surface area contributed by atoms with Gasteiger partial charge in [0.1, 0.15) is 6.10 Å². The molecule has 190 valence electrons. The molecule has 0 saturated heterocycles. The van der Waals surface area contributed by atoms with Crippen LogP contribution in [0.15, 0.2) is 0 Å². The van der Waals surface area contributed by atoms with Crippen molar-refractivity contribution in [2.75, 3.05) is 0 Å². The summed E-state index contributed by atoms with van der Waals surface area (Å²) in [5.41, 5.74) is 0.972. The molecule has 4 heteroatoms. The number of fused-ring (bicyclic) bond motifs is 5. The van der Waals surface area contributed by atoms with Crippen LogP contribution in [0.5, 0.6) is 0 Å². The van der Waals surface area contributed by atoms with Gasteiger partial charge >= 0.3 is 5.97 Å². The highest BCUT2D eigenvalue weighted by Gasteiger charge is 2.60. The lowest BCUT2D eigenvalue weighted by Gasteiger charge is -2.61. The largest absolute Gasteiger partial charge is 0.460 e. The molecular formula is C29H48Cl2O2. The van der Waals surface area contributed by atoms with Crippen LogP contribution < -0.4 is 0 Å². The minimum atomic E-state index is -1.06. The molecule has 0 amide bonds. The summed E-state index contributed by atoms with van der Waals surface area (Å²) in [6.07, 6.45) is 15.8. The number of esters is 1. The van der Waals surface area contributed by atoms with Crippen LogP contribution in [0.1, 0.15) is 112 Å². The van der Waals surface area contributed by atoms with Gasteiger partial charge in [-0.15, -0.1) is 0 Å². The molecular weight excluding hydrogens is 451 g/mol. The second-order valence-corrected chi connectivity index (χ2v) is 14.4. The lowest BCUT2D eigenvalue weighted by Crippen LogP contribution is -2.54. The van der Waals surface area contributed by atoms with E-state index in [-0.39, 0.29) is 6.10 Å².